The molecule has 2 aromatic rings. The van der Waals surface area contributed by atoms with Crippen molar-refractivity contribution in [3.63, 3.8) is 0 Å². The number of para-hydroxylation sites is 1. The number of nitrogens with one attached hydrogen (secondary N) is 1. The Bertz CT molecular complexity index is 581. The van der Waals surface area contributed by atoms with Crippen LogP contribution in [0.15, 0.2) is 53.0 Å². The van der Waals surface area contributed by atoms with E-state index in [1.807, 2.05) is 0 Å². The standard InChI is InChI=1S/C18H23BrN2/c1-4-17(14-9-7-10-16(19)12-14)20-18-11-6-5-8-15(18)13-21(2)3/h5-12,17,20H,4,13H2,1-3H3. The maximum atomic E-state index is 3.70. The second-order valence-electron chi connectivity index (χ2n) is 5.56. The Kier molecular flexibility index (Phi) is 5.83. The summed E-state index contributed by atoms with van der Waals surface area (Å²) >= 11 is 3.56. The van der Waals surface area contributed by atoms with Crippen LogP contribution in [-0.4, -0.2) is 19.0 Å². The van der Waals surface area contributed by atoms with Crippen LogP contribution >= 0.6 is 15.9 Å². The molecule has 1 atom stereocenters. The van der Waals surface area contributed by atoms with Gasteiger partial charge in [0.1, 0.15) is 0 Å². The molecule has 2 nitrogen and oxygen atoms in total. The number of nitrogens with zero attached hydrogens (tertiary/aromatic N) is 1. The molecule has 0 heterocycles. The van der Waals surface area contributed by atoms with Crippen LogP contribution < -0.4 is 5.32 Å². The Hall–Kier alpha value is -1.32. The van der Waals surface area contributed by atoms with Crippen molar-refractivity contribution in [2.45, 2.75) is 25.9 Å². The van der Waals surface area contributed by atoms with Gasteiger partial charge in [-0.3, -0.25) is 0 Å². The Morgan fingerprint density at radius 3 is 2.52 bits per heavy atom. The summed E-state index contributed by atoms with van der Waals surface area (Å²) in [4.78, 5) is 2.20. The van der Waals surface area contributed by atoms with Crippen LogP contribution in [0.3, 0.4) is 0 Å². The van der Waals surface area contributed by atoms with E-state index in [1.54, 1.807) is 0 Å². The first kappa shape index (κ1) is 16.1. The average Bonchev–Trinajstić information content (AvgIpc) is 2.45. The van der Waals surface area contributed by atoms with Gasteiger partial charge < -0.3 is 10.2 Å². The summed E-state index contributed by atoms with van der Waals surface area (Å²) in [6.45, 7) is 3.16. The number of anilines is 1. The second kappa shape index (κ2) is 7.62. The molecule has 2 aromatic carbocycles. The highest BCUT2D eigenvalue weighted by molar-refractivity contribution is 9.10. The van der Waals surface area contributed by atoms with Crippen LogP contribution in [0.5, 0.6) is 0 Å². The third-order valence-electron chi connectivity index (χ3n) is 3.49. The zero-order valence-corrected chi connectivity index (χ0v) is 14.5. The zero-order valence-electron chi connectivity index (χ0n) is 12.9. The molecule has 3 heteroatoms. The lowest BCUT2D eigenvalue weighted by molar-refractivity contribution is 0.403. The number of benzene rings is 2. The number of rotatable bonds is 6. The first-order chi connectivity index (χ1) is 10.1. The summed E-state index contributed by atoms with van der Waals surface area (Å²) in [6.07, 6.45) is 1.05. The van der Waals surface area contributed by atoms with Gasteiger partial charge in [-0.15, -0.1) is 0 Å². The molecule has 0 fully saturated rings. The van der Waals surface area contributed by atoms with Gasteiger partial charge in [-0.25, -0.2) is 0 Å². The molecule has 0 amide bonds. The van der Waals surface area contributed by atoms with Gasteiger partial charge in [-0.2, -0.15) is 0 Å². The molecule has 0 spiro atoms. The van der Waals surface area contributed by atoms with Crippen LogP contribution in [0.4, 0.5) is 5.69 Å². The monoisotopic (exact) mass is 346 g/mol. The maximum Gasteiger partial charge on any atom is 0.0511 e. The molecule has 0 aliphatic heterocycles. The van der Waals surface area contributed by atoms with Gasteiger partial charge in [0.05, 0.1) is 6.04 Å². The van der Waals surface area contributed by atoms with Crippen LogP contribution in [0.25, 0.3) is 0 Å². The molecule has 0 radical (unpaired) electrons. The van der Waals surface area contributed by atoms with Crippen LogP contribution in [0.1, 0.15) is 30.5 Å². The average molecular weight is 347 g/mol. The molecule has 1 N–H and O–H groups in total. The summed E-state index contributed by atoms with van der Waals surface area (Å²) in [5.41, 5.74) is 3.86. The van der Waals surface area contributed by atoms with Gasteiger partial charge in [-0.1, -0.05) is 53.2 Å². The minimum atomic E-state index is 0.325. The van der Waals surface area contributed by atoms with Gasteiger partial charge >= 0.3 is 0 Å². The summed E-state index contributed by atoms with van der Waals surface area (Å²) in [6, 6.07) is 17.4. The minimum absolute atomic E-state index is 0.325. The maximum absolute atomic E-state index is 3.70. The molecule has 0 aliphatic rings. The molecule has 0 saturated carbocycles. The Labute approximate surface area is 136 Å². The fourth-order valence-electron chi connectivity index (χ4n) is 2.47. The SMILES string of the molecule is CCC(Nc1ccccc1CN(C)C)c1cccc(Br)c1. The first-order valence-corrected chi connectivity index (χ1v) is 8.14. The van der Waals surface area contributed by atoms with E-state index in [-0.39, 0.29) is 0 Å². The van der Waals surface area contributed by atoms with Gasteiger partial charge in [0.25, 0.3) is 0 Å². The smallest absolute Gasteiger partial charge is 0.0511 e. The fraction of sp³-hybridized carbons (Fsp3) is 0.333. The van der Waals surface area contributed by atoms with E-state index < -0.39 is 0 Å². The predicted molar refractivity (Wildman–Crippen MR) is 94.6 cm³/mol. The van der Waals surface area contributed by atoms with Crippen molar-refractivity contribution in [2.24, 2.45) is 0 Å². The van der Waals surface area contributed by atoms with Gasteiger partial charge in [0.15, 0.2) is 0 Å². The Morgan fingerprint density at radius 2 is 1.86 bits per heavy atom. The van der Waals surface area contributed by atoms with Crippen molar-refractivity contribution in [3.05, 3.63) is 64.1 Å². The first-order valence-electron chi connectivity index (χ1n) is 7.34. The van der Waals surface area contributed by atoms with Crippen molar-refractivity contribution in [3.8, 4) is 0 Å². The normalized spacial score (nSPS) is 12.4. The molecule has 112 valence electrons. The zero-order chi connectivity index (χ0) is 15.2. The summed E-state index contributed by atoms with van der Waals surface area (Å²) in [5, 5.41) is 3.70. The van der Waals surface area contributed by atoms with E-state index in [9.17, 15) is 0 Å². The quantitative estimate of drug-likeness (QED) is 0.784. The van der Waals surface area contributed by atoms with E-state index in [1.165, 1.54) is 16.8 Å². The lowest BCUT2D eigenvalue weighted by Gasteiger charge is -2.22. The molecule has 0 aromatic heterocycles. The third-order valence-corrected chi connectivity index (χ3v) is 3.99. The van der Waals surface area contributed by atoms with Gasteiger partial charge in [0.2, 0.25) is 0 Å². The van der Waals surface area contributed by atoms with E-state index in [0.717, 1.165) is 17.4 Å². The molecule has 21 heavy (non-hydrogen) atoms. The molecule has 0 saturated heterocycles. The highest BCUT2D eigenvalue weighted by Crippen LogP contribution is 2.27. The highest BCUT2D eigenvalue weighted by atomic mass is 79.9. The molecular formula is C18H23BrN2. The Balaban J connectivity index is 2.23. The van der Waals surface area contributed by atoms with Crippen LogP contribution in [0, 0.1) is 0 Å². The summed E-state index contributed by atoms with van der Waals surface area (Å²) in [7, 11) is 4.20. The summed E-state index contributed by atoms with van der Waals surface area (Å²) in [5.74, 6) is 0. The van der Waals surface area contributed by atoms with Crippen molar-refractivity contribution in [1.29, 1.82) is 0 Å². The third kappa shape index (κ3) is 4.58. The van der Waals surface area contributed by atoms with Gasteiger partial charge in [0, 0.05) is 16.7 Å². The molecular weight excluding hydrogens is 324 g/mol. The van der Waals surface area contributed by atoms with E-state index in [0.29, 0.717) is 6.04 Å². The molecule has 2 rings (SSSR count). The largest absolute Gasteiger partial charge is 0.378 e. The fourth-order valence-corrected chi connectivity index (χ4v) is 2.89. The van der Waals surface area contributed by atoms with Crippen LogP contribution in [-0.2, 0) is 6.54 Å². The minimum Gasteiger partial charge on any atom is -0.378 e. The number of hydrogen-bond donors (Lipinski definition) is 1. The lowest BCUT2D eigenvalue weighted by Crippen LogP contribution is -2.15. The van der Waals surface area contributed by atoms with E-state index >= 15 is 0 Å². The Morgan fingerprint density at radius 1 is 1.10 bits per heavy atom. The topological polar surface area (TPSA) is 15.3 Å². The van der Waals surface area contributed by atoms with E-state index in [4.69, 9.17) is 0 Å². The number of halogens is 1. The molecule has 0 bridgehead atoms. The van der Waals surface area contributed by atoms with Crippen LogP contribution in [0.2, 0.25) is 0 Å². The number of hydrogen-bond acceptors (Lipinski definition) is 2. The van der Waals surface area contributed by atoms with Crippen molar-refractivity contribution in [2.75, 3.05) is 19.4 Å². The summed E-state index contributed by atoms with van der Waals surface area (Å²) < 4.78 is 1.13. The van der Waals surface area contributed by atoms with Crippen molar-refractivity contribution < 1.29 is 0 Å². The van der Waals surface area contributed by atoms with E-state index in [2.05, 4.69) is 95.7 Å². The molecule has 1 unspecified atom stereocenters. The highest BCUT2D eigenvalue weighted by Gasteiger charge is 2.11. The molecule has 0 aliphatic carbocycles. The van der Waals surface area contributed by atoms with Crippen molar-refractivity contribution in [1.82, 2.24) is 4.90 Å². The lowest BCUT2D eigenvalue weighted by atomic mass is 10.0. The predicted octanol–water partition coefficient (Wildman–Crippen LogP) is 5.07. The second-order valence-corrected chi connectivity index (χ2v) is 6.47. The van der Waals surface area contributed by atoms with Crippen molar-refractivity contribution >= 4 is 21.6 Å². The van der Waals surface area contributed by atoms with Gasteiger partial charge in [-0.05, 0) is 49.8 Å².